The lowest BCUT2D eigenvalue weighted by Crippen LogP contribution is -2.09. The first-order valence-corrected chi connectivity index (χ1v) is 10.6. The normalized spacial score (nSPS) is 12.1. The minimum Gasteiger partial charge on any atom is -0.495 e. The predicted octanol–water partition coefficient (Wildman–Crippen LogP) is 5.67. The third-order valence-electron chi connectivity index (χ3n) is 3.59. The Labute approximate surface area is 171 Å². The summed E-state index contributed by atoms with van der Waals surface area (Å²) in [4.78, 5) is 7.26. The van der Waals surface area contributed by atoms with Crippen molar-refractivity contribution in [1.29, 1.82) is 0 Å². The lowest BCUT2D eigenvalue weighted by atomic mass is 10.2. The van der Waals surface area contributed by atoms with Crippen LogP contribution < -0.4 is 10.1 Å². The SMILES string of the molecule is CCOP(=O)(Cc1ccc(Nc2ncc(C(F)(F)F)c(Cl)n2)c(OC)c1)OCC. The van der Waals surface area contributed by atoms with Crippen LogP contribution in [-0.4, -0.2) is 30.3 Å². The molecule has 0 bridgehead atoms. The molecule has 0 aliphatic rings. The first kappa shape index (κ1) is 23.4. The van der Waals surface area contributed by atoms with Gasteiger partial charge in [0.2, 0.25) is 5.95 Å². The van der Waals surface area contributed by atoms with Crippen LogP contribution in [0.1, 0.15) is 25.0 Å². The zero-order valence-corrected chi connectivity index (χ0v) is 17.6. The number of ether oxygens (including phenoxy) is 1. The van der Waals surface area contributed by atoms with Gasteiger partial charge < -0.3 is 19.1 Å². The molecule has 0 fully saturated rings. The maximum atomic E-state index is 12.8. The summed E-state index contributed by atoms with van der Waals surface area (Å²) >= 11 is 5.61. The number of nitrogens with one attached hydrogen (secondary N) is 1. The number of rotatable bonds is 9. The number of anilines is 2. The van der Waals surface area contributed by atoms with E-state index in [1.807, 2.05) is 0 Å². The molecule has 1 aromatic carbocycles. The highest BCUT2D eigenvalue weighted by atomic mass is 35.5. The zero-order valence-electron chi connectivity index (χ0n) is 15.9. The van der Waals surface area contributed by atoms with Gasteiger partial charge in [0.25, 0.3) is 0 Å². The standard InChI is InChI=1S/C17H20ClF3N3O4P/c1-4-27-29(25,28-5-2)10-11-6-7-13(14(8-11)26-3)23-16-22-9-12(15(18)24-16)17(19,20)21/h6-9H,4-5,10H2,1-3H3,(H,22,23,24). The fourth-order valence-electron chi connectivity index (χ4n) is 2.41. The van der Waals surface area contributed by atoms with E-state index in [2.05, 4.69) is 15.3 Å². The van der Waals surface area contributed by atoms with Gasteiger partial charge in [0.05, 0.1) is 32.2 Å². The number of hydrogen-bond donors (Lipinski definition) is 1. The summed E-state index contributed by atoms with van der Waals surface area (Å²) < 4.78 is 66.8. The Balaban J connectivity index is 2.25. The van der Waals surface area contributed by atoms with Crippen LogP contribution in [-0.2, 0) is 26.0 Å². The highest BCUT2D eigenvalue weighted by Gasteiger charge is 2.34. The van der Waals surface area contributed by atoms with Crippen molar-refractivity contribution in [2.24, 2.45) is 0 Å². The number of methoxy groups -OCH3 is 1. The second-order valence-electron chi connectivity index (χ2n) is 5.66. The third kappa shape index (κ3) is 6.30. The molecule has 2 aromatic rings. The van der Waals surface area contributed by atoms with E-state index in [1.54, 1.807) is 32.0 Å². The van der Waals surface area contributed by atoms with Crippen LogP contribution in [0.2, 0.25) is 5.15 Å². The van der Waals surface area contributed by atoms with Crippen molar-refractivity contribution < 1.29 is 31.5 Å². The first-order chi connectivity index (χ1) is 13.6. The fraction of sp³-hybridized carbons (Fsp3) is 0.412. The van der Waals surface area contributed by atoms with Crippen molar-refractivity contribution in [2.75, 3.05) is 25.6 Å². The van der Waals surface area contributed by atoms with Crippen molar-refractivity contribution >= 4 is 30.8 Å². The Morgan fingerprint density at radius 3 is 2.38 bits per heavy atom. The number of halogens is 4. The first-order valence-electron chi connectivity index (χ1n) is 8.53. The molecule has 1 aromatic heterocycles. The molecule has 1 heterocycles. The molecule has 7 nitrogen and oxygen atoms in total. The van der Waals surface area contributed by atoms with E-state index in [9.17, 15) is 17.7 Å². The van der Waals surface area contributed by atoms with Crippen LogP contribution in [0, 0.1) is 0 Å². The van der Waals surface area contributed by atoms with Gasteiger partial charge in [-0.2, -0.15) is 13.2 Å². The molecule has 0 spiro atoms. The molecule has 29 heavy (non-hydrogen) atoms. The fourth-order valence-corrected chi connectivity index (χ4v) is 4.34. The summed E-state index contributed by atoms with van der Waals surface area (Å²) in [6.45, 7) is 3.91. The third-order valence-corrected chi connectivity index (χ3v) is 5.93. The summed E-state index contributed by atoms with van der Waals surface area (Å²) in [7, 11) is -1.89. The van der Waals surface area contributed by atoms with E-state index in [-0.39, 0.29) is 25.3 Å². The summed E-state index contributed by atoms with van der Waals surface area (Å²) in [5.74, 6) is 0.199. The Morgan fingerprint density at radius 1 is 1.21 bits per heavy atom. The predicted molar refractivity (Wildman–Crippen MR) is 103 cm³/mol. The average Bonchev–Trinajstić information content (AvgIpc) is 2.62. The number of hydrogen-bond acceptors (Lipinski definition) is 7. The second kappa shape index (κ2) is 9.75. The molecule has 0 atom stereocenters. The van der Waals surface area contributed by atoms with E-state index in [0.717, 1.165) is 0 Å². The van der Waals surface area contributed by atoms with Crippen molar-refractivity contribution in [3.8, 4) is 5.75 Å². The number of benzene rings is 1. The Bertz CT molecular complexity index is 889. The van der Waals surface area contributed by atoms with E-state index < -0.39 is 24.5 Å². The lowest BCUT2D eigenvalue weighted by Gasteiger charge is -2.18. The second-order valence-corrected chi connectivity index (χ2v) is 8.07. The summed E-state index contributed by atoms with van der Waals surface area (Å²) in [6, 6.07) is 4.85. The van der Waals surface area contributed by atoms with E-state index in [1.165, 1.54) is 7.11 Å². The maximum Gasteiger partial charge on any atom is 0.420 e. The Morgan fingerprint density at radius 2 is 1.86 bits per heavy atom. The topological polar surface area (TPSA) is 82.6 Å². The van der Waals surface area contributed by atoms with Crippen LogP contribution >= 0.6 is 19.2 Å². The summed E-state index contributed by atoms with van der Waals surface area (Å²) in [6.07, 6.45) is -4.02. The lowest BCUT2D eigenvalue weighted by molar-refractivity contribution is -0.137. The molecule has 0 amide bonds. The van der Waals surface area contributed by atoms with Crippen LogP contribution in [0.5, 0.6) is 5.75 Å². The van der Waals surface area contributed by atoms with Gasteiger partial charge in [0, 0.05) is 6.20 Å². The van der Waals surface area contributed by atoms with Crippen LogP contribution in [0.4, 0.5) is 24.8 Å². The molecular formula is C17H20ClF3N3O4P. The quantitative estimate of drug-likeness (QED) is 0.387. The van der Waals surface area contributed by atoms with Crippen molar-refractivity contribution in [2.45, 2.75) is 26.2 Å². The van der Waals surface area contributed by atoms with Gasteiger partial charge in [0.1, 0.15) is 16.5 Å². The molecule has 0 aliphatic heterocycles. The van der Waals surface area contributed by atoms with Crippen molar-refractivity contribution in [3.63, 3.8) is 0 Å². The molecule has 12 heteroatoms. The largest absolute Gasteiger partial charge is 0.495 e. The molecule has 0 saturated carbocycles. The van der Waals surface area contributed by atoms with Gasteiger partial charge in [-0.15, -0.1) is 0 Å². The average molecular weight is 454 g/mol. The summed E-state index contributed by atoms with van der Waals surface area (Å²) in [5, 5.41) is 2.03. The van der Waals surface area contributed by atoms with Crippen LogP contribution in [0.3, 0.4) is 0 Å². The number of alkyl halides is 3. The van der Waals surface area contributed by atoms with Gasteiger partial charge in [-0.05, 0) is 31.5 Å². The molecule has 2 rings (SSSR count). The maximum absolute atomic E-state index is 12.8. The van der Waals surface area contributed by atoms with Crippen LogP contribution in [0.25, 0.3) is 0 Å². The monoisotopic (exact) mass is 453 g/mol. The Kier molecular flexibility index (Phi) is 7.87. The molecular weight excluding hydrogens is 434 g/mol. The van der Waals surface area contributed by atoms with Crippen molar-refractivity contribution in [3.05, 3.63) is 40.7 Å². The summed E-state index contributed by atoms with van der Waals surface area (Å²) in [5.41, 5.74) is -0.117. The number of nitrogens with zero attached hydrogens (tertiary/aromatic N) is 2. The molecule has 1 N–H and O–H groups in total. The minimum absolute atomic E-state index is 0.0356. The van der Waals surface area contributed by atoms with Gasteiger partial charge in [0.15, 0.2) is 0 Å². The highest BCUT2D eigenvalue weighted by molar-refractivity contribution is 7.53. The molecule has 0 saturated heterocycles. The van der Waals surface area contributed by atoms with Crippen LogP contribution in [0.15, 0.2) is 24.4 Å². The van der Waals surface area contributed by atoms with E-state index in [0.29, 0.717) is 23.2 Å². The smallest absolute Gasteiger partial charge is 0.420 e. The van der Waals surface area contributed by atoms with Gasteiger partial charge in [-0.3, -0.25) is 4.57 Å². The molecule has 0 radical (unpaired) electrons. The van der Waals surface area contributed by atoms with Gasteiger partial charge in [-0.1, -0.05) is 17.7 Å². The van der Waals surface area contributed by atoms with E-state index >= 15 is 0 Å². The zero-order chi connectivity index (χ0) is 21.7. The highest BCUT2D eigenvalue weighted by Crippen LogP contribution is 2.51. The van der Waals surface area contributed by atoms with E-state index in [4.69, 9.17) is 25.4 Å². The minimum atomic E-state index is -4.65. The van der Waals surface area contributed by atoms with Crippen molar-refractivity contribution in [1.82, 2.24) is 9.97 Å². The molecule has 0 aliphatic carbocycles. The Hall–Kier alpha value is -1.87. The number of aromatic nitrogens is 2. The molecule has 160 valence electrons. The van der Waals surface area contributed by atoms with Gasteiger partial charge in [-0.25, -0.2) is 9.97 Å². The molecule has 0 unspecified atom stereocenters. The van der Waals surface area contributed by atoms with Gasteiger partial charge >= 0.3 is 13.8 Å².